The third-order valence-corrected chi connectivity index (χ3v) is 9.17. The first kappa shape index (κ1) is 25.1. The van der Waals surface area contributed by atoms with Gasteiger partial charge in [-0.15, -0.1) is 11.3 Å². The zero-order chi connectivity index (χ0) is 26.5. The number of aromatic nitrogens is 3. The Labute approximate surface area is 219 Å². The van der Waals surface area contributed by atoms with E-state index in [-0.39, 0.29) is 26.8 Å². The van der Waals surface area contributed by atoms with Crippen molar-refractivity contribution in [3.05, 3.63) is 59.2 Å². The highest BCUT2D eigenvalue weighted by molar-refractivity contribution is 7.91. The van der Waals surface area contributed by atoms with Gasteiger partial charge in [0.1, 0.15) is 17.2 Å². The smallest absolute Gasteiger partial charge is 0.253 e. The monoisotopic (exact) mass is 536 g/mol. The molecule has 1 aliphatic heterocycles. The predicted molar refractivity (Wildman–Crippen MR) is 145 cm³/mol. The van der Waals surface area contributed by atoms with Gasteiger partial charge in [0.15, 0.2) is 5.03 Å². The summed E-state index contributed by atoms with van der Waals surface area (Å²) in [6, 6.07) is 11.7. The molecule has 0 spiro atoms. The van der Waals surface area contributed by atoms with Crippen molar-refractivity contribution in [3.8, 4) is 0 Å². The molecule has 0 aliphatic carbocycles. The molecule has 3 N–H and O–H groups in total. The van der Waals surface area contributed by atoms with Gasteiger partial charge in [-0.25, -0.2) is 23.4 Å². The second-order valence-electron chi connectivity index (χ2n) is 10.0. The van der Waals surface area contributed by atoms with E-state index in [1.165, 1.54) is 18.3 Å². The lowest BCUT2D eigenvalue weighted by Crippen LogP contribution is -2.40. The number of pyridine rings is 2. The van der Waals surface area contributed by atoms with E-state index in [4.69, 9.17) is 5.73 Å². The molecule has 1 amide bonds. The van der Waals surface area contributed by atoms with E-state index >= 15 is 0 Å². The molecule has 4 aromatic rings. The van der Waals surface area contributed by atoms with Crippen LogP contribution in [-0.2, 0) is 9.84 Å². The van der Waals surface area contributed by atoms with Gasteiger partial charge in [-0.1, -0.05) is 13.0 Å². The number of rotatable bonds is 6. The normalized spacial score (nSPS) is 17.3. The number of nitrogens with one attached hydrogen (secondary N) is 1. The SMILES string of the molecule is Cc1nc2cc(Nc3cccc(S(=O)(=O)c4ccnc(N5CC(C)CC5(C)C)c4C(N)=O)n3)ccc2s1. The largest absolute Gasteiger partial charge is 0.365 e. The van der Waals surface area contributed by atoms with Crippen molar-refractivity contribution >= 4 is 54.6 Å². The fourth-order valence-corrected chi connectivity index (χ4v) is 7.28. The number of anilines is 3. The summed E-state index contributed by atoms with van der Waals surface area (Å²) in [5.41, 5.74) is 6.91. The first-order valence-electron chi connectivity index (χ1n) is 11.9. The molecule has 0 bridgehead atoms. The van der Waals surface area contributed by atoms with Gasteiger partial charge >= 0.3 is 0 Å². The molecule has 1 fully saturated rings. The summed E-state index contributed by atoms with van der Waals surface area (Å²) in [7, 11) is -4.19. The summed E-state index contributed by atoms with van der Waals surface area (Å²) in [6.07, 6.45) is 2.28. The lowest BCUT2D eigenvalue weighted by molar-refractivity contribution is 0.0997. The molecule has 1 saturated heterocycles. The number of benzene rings is 1. The molecule has 4 heterocycles. The molecular weight excluding hydrogens is 508 g/mol. The van der Waals surface area contributed by atoms with E-state index in [2.05, 4.69) is 27.2 Å². The number of carbonyl (C=O) groups is 1. The number of primary amides is 1. The van der Waals surface area contributed by atoms with E-state index in [0.29, 0.717) is 18.3 Å². The number of nitrogens with two attached hydrogens (primary N) is 1. The number of amides is 1. The maximum atomic E-state index is 13.8. The zero-order valence-corrected chi connectivity index (χ0v) is 22.7. The van der Waals surface area contributed by atoms with Crippen LogP contribution in [0.2, 0.25) is 0 Å². The Bertz CT molecular complexity index is 1630. The predicted octanol–water partition coefficient (Wildman–Crippen LogP) is 4.69. The number of nitrogens with zero attached hydrogens (tertiary/aromatic N) is 4. The van der Waals surface area contributed by atoms with Crippen LogP contribution < -0.4 is 16.0 Å². The van der Waals surface area contributed by atoms with Gasteiger partial charge in [-0.3, -0.25) is 4.79 Å². The maximum Gasteiger partial charge on any atom is 0.253 e. The first-order valence-corrected chi connectivity index (χ1v) is 14.2. The third kappa shape index (κ3) is 4.64. The van der Waals surface area contributed by atoms with E-state index in [0.717, 1.165) is 27.3 Å². The van der Waals surface area contributed by atoms with Gasteiger partial charge < -0.3 is 16.0 Å². The van der Waals surface area contributed by atoms with Crippen LogP contribution in [0.4, 0.5) is 17.3 Å². The Hall–Kier alpha value is -3.57. The van der Waals surface area contributed by atoms with Crippen molar-refractivity contribution in [2.75, 3.05) is 16.8 Å². The molecular formula is C26H28N6O3S2. The minimum absolute atomic E-state index is 0.116. The Morgan fingerprint density at radius 2 is 1.97 bits per heavy atom. The average Bonchev–Trinajstić information content (AvgIpc) is 3.34. The summed E-state index contributed by atoms with van der Waals surface area (Å²) in [5, 5.41) is 3.92. The second kappa shape index (κ2) is 9.07. The van der Waals surface area contributed by atoms with Crippen LogP contribution in [0.25, 0.3) is 10.2 Å². The number of sulfone groups is 1. The molecule has 1 aromatic carbocycles. The zero-order valence-electron chi connectivity index (χ0n) is 21.0. The van der Waals surface area contributed by atoms with Gasteiger partial charge in [0.05, 0.1) is 20.1 Å². The average molecular weight is 537 g/mol. The highest BCUT2D eigenvalue weighted by Crippen LogP contribution is 2.39. The summed E-state index contributed by atoms with van der Waals surface area (Å²) in [6.45, 7) is 8.80. The van der Waals surface area contributed by atoms with Crippen molar-refractivity contribution < 1.29 is 13.2 Å². The molecule has 1 atom stereocenters. The van der Waals surface area contributed by atoms with Crippen LogP contribution in [0, 0.1) is 12.8 Å². The molecule has 0 radical (unpaired) electrons. The number of carbonyl (C=O) groups excluding carboxylic acids is 1. The maximum absolute atomic E-state index is 13.8. The van der Waals surface area contributed by atoms with Crippen molar-refractivity contribution in [1.82, 2.24) is 15.0 Å². The Morgan fingerprint density at radius 3 is 2.68 bits per heavy atom. The number of hydrogen-bond acceptors (Lipinski definition) is 9. The minimum Gasteiger partial charge on any atom is -0.365 e. The first-order chi connectivity index (χ1) is 17.5. The molecule has 37 heavy (non-hydrogen) atoms. The Kier molecular flexibility index (Phi) is 6.15. The molecule has 11 heteroatoms. The molecule has 1 unspecified atom stereocenters. The highest BCUT2D eigenvalue weighted by atomic mass is 32.2. The van der Waals surface area contributed by atoms with Crippen LogP contribution in [0.15, 0.2) is 58.6 Å². The number of hydrogen-bond donors (Lipinski definition) is 2. The second-order valence-corrected chi connectivity index (χ2v) is 13.1. The summed E-state index contributed by atoms with van der Waals surface area (Å²) in [4.78, 5) is 27.7. The highest BCUT2D eigenvalue weighted by Gasteiger charge is 2.40. The number of aryl methyl sites for hydroxylation is 1. The lowest BCUT2D eigenvalue weighted by Gasteiger charge is -2.33. The van der Waals surface area contributed by atoms with E-state index in [1.54, 1.807) is 23.5 Å². The van der Waals surface area contributed by atoms with E-state index in [1.807, 2.05) is 43.9 Å². The van der Waals surface area contributed by atoms with Gasteiger partial charge in [0, 0.05) is 24.0 Å². The molecule has 5 rings (SSSR count). The molecule has 3 aromatic heterocycles. The van der Waals surface area contributed by atoms with Crippen LogP contribution in [0.3, 0.4) is 0 Å². The Balaban J connectivity index is 1.54. The summed E-state index contributed by atoms with van der Waals surface area (Å²) < 4.78 is 28.6. The fraction of sp³-hybridized carbons (Fsp3) is 0.308. The minimum atomic E-state index is -4.19. The molecule has 192 valence electrons. The standard InChI is InChI=1S/C26H28N6O3S2/c1-15-13-26(3,4)32(14-15)25-23(24(27)33)20(10-11-28-25)37(34,35)22-7-5-6-21(31-22)30-17-8-9-19-18(12-17)29-16(2)36-19/h5-12,15H,13-14H2,1-4H3,(H2,27,33)(H,30,31). The quantitative estimate of drug-likeness (QED) is 0.363. The number of thiazole rings is 1. The summed E-state index contributed by atoms with van der Waals surface area (Å²) >= 11 is 1.60. The van der Waals surface area contributed by atoms with E-state index in [9.17, 15) is 13.2 Å². The van der Waals surface area contributed by atoms with Gasteiger partial charge in [-0.05, 0) is 69.5 Å². The van der Waals surface area contributed by atoms with Crippen molar-refractivity contribution in [2.45, 2.75) is 49.6 Å². The van der Waals surface area contributed by atoms with E-state index < -0.39 is 15.7 Å². The van der Waals surface area contributed by atoms with Gasteiger partial charge in [-0.2, -0.15) is 0 Å². The van der Waals surface area contributed by atoms with Crippen molar-refractivity contribution in [3.63, 3.8) is 0 Å². The topological polar surface area (TPSA) is 131 Å². The fourth-order valence-electron chi connectivity index (χ4n) is 5.07. The van der Waals surface area contributed by atoms with Gasteiger partial charge in [0.2, 0.25) is 9.84 Å². The van der Waals surface area contributed by atoms with Crippen LogP contribution in [0.5, 0.6) is 0 Å². The Morgan fingerprint density at radius 1 is 1.19 bits per heavy atom. The van der Waals surface area contributed by atoms with Crippen molar-refractivity contribution in [1.29, 1.82) is 0 Å². The van der Waals surface area contributed by atoms with Crippen LogP contribution in [0.1, 0.15) is 42.6 Å². The van der Waals surface area contributed by atoms with Crippen molar-refractivity contribution in [2.24, 2.45) is 11.7 Å². The summed E-state index contributed by atoms with van der Waals surface area (Å²) in [5.74, 6) is 0.133. The molecule has 1 aliphatic rings. The third-order valence-electron chi connectivity index (χ3n) is 6.52. The van der Waals surface area contributed by atoms with Crippen LogP contribution in [-0.4, -0.2) is 41.4 Å². The number of fused-ring (bicyclic) bond motifs is 1. The van der Waals surface area contributed by atoms with Crippen LogP contribution >= 0.6 is 11.3 Å². The molecule has 0 saturated carbocycles. The lowest BCUT2D eigenvalue weighted by atomic mass is 9.97. The van der Waals surface area contributed by atoms with Gasteiger partial charge in [0.25, 0.3) is 5.91 Å². The molecule has 9 nitrogen and oxygen atoms in total.